The van der Waals surface area contributed by atoms with E-state index in [1.165, 1.54) is 19.3 Å². The predicted molar refractivity (Wildman–Crippen MR) is 56.0 cm³/mol. The molecule has 0 bridgehead atoms. The molecule has 0 atom stereocenters. The number of hydrogen-bond donors (Lipinski definition) is 1. The molecule has 0 unspecified atom stereocenters. The van der Waals surface area contributed by atoms with Gasteiger partial charge in [0, 0.05) is 7.05 Å². The van der Waals surface area contributed by atoms with Gasteiger partial charge in [0.05, 0.1) is 17.9 Å². The highest BCUT2D eigenvalue weighted by atomic mass is 16.5. The molecule has 1 saturated carbocycles. The van der Waals surface area contributed by atoms with E-state index in [1.807, 2.05) is 6.07 Å². The first kappa shape index (κ1) is 10.4. The van der Waals surface area contributed by atoms with Crippen molar-refractivity contribution in [3.8, 4) is 11.8 Å². The molecule has 0 saturated heterocycles. The van der Waals surface area contributed by atoms with Crippen molar-refractivity contribution in [2.75, 3.05) is 7.05 Å². The van der Waals surface area contributed by atoms with Gasteiger partial charge in [0.25, 0.3) is 5.91 Å². The summed E-state index contributed by atoms with van der Waals surface area (Å²) in [6, 6.07) is 3.44. The van der Waals surface area contributed by atoms with E-state index >= 15 is 0 Å². The number of nitriles is 1. The zero-order valence-corrected chi connectivity index (χ0v) is 8.86. The number of ether oxygens (including phenoxy) is 1. The van der Waals surface area contributed by atoms with Crippen LogP contribution in [-0.2, 0) is 0 Å². The summed E-state index contributed by atoms with van der Waals surface area (Å²) in [5.74, 6) is 0.145. The lowest BCUT2D eigenvalue weighted by Gasteiger charge is -2.06. The Labute approximate surface area is 93.1 Å². The maximum absolute atomic E-state index is 11.3. The lowest BCUT2D eigenvalue weighted by Crippen LogP contribution is -2.19. The number of hydrogen-bond acceptors (Lipinski definition) is 4. The molecule has 0 spiro atoms. The Balaban J connectivity index is 2.27. The normalized spacial score (nSPS) is 14.0. The van der Waals surface area contributed by atoms with Crippen LogP contribution in [0, 0.1) is 11.3 Å². The molecule has 5 nitrogen and oxygen atoms in total. The Morgan fingerprint density at radius 2 is 2.44 bits per heavy atom. The standard InChI is InChI=1S/C11H11N3O2/c1-13-11(15)9-4-7(5-12)10(6-14-9)16-8-2-3-8/h4,6,8H,2-3H2,1H3,(H,13,15). The summed E-state index contributed by atoms with van der Waals surface area (Å²) in [6.07, 6.45) is 3.67. The second kappa shape index (κ2) is 4.19. The van der Waals surface area contributed by atoms with E-state index in [2.05, 4.69) is 10.3 Å². The monoisotopic (exact) mass is 217 g/mol. The molecule has 0 radical (unpaired) electrons. The minimum atomic E-state index is -0.311. The highest BCUT2D eigenvalue weighted by Gasteiger charge is 2.25. The maximum atomic E-state index is 11.3. The highest BCUT2D eigenvalue weighted by molar-refractivity contribution is 5.92. The van der Waals surface area contributed by atoms with Crippen LogP contribution in [0.1, 0.15) is 28.9 Å². The lowest BCUT2D eigenvalue weighted by atomic mass is 10.2. The SMILES string of the molecule is CNC(=O)c1cc(C#N)c(OC2CC2)cn1. The van der Waals surface area contributed by atoms with E-state index in [0.29, 0.717) is 11.3 Å². The van der Waals surface area contributed by atoms with Gasteiger partial charge in [-0.15, -0.1) is 0 Å². The summed E-state index contributed by atoms with van der Waals surface area (Å²) >= 11 is 0. The third kappa shape index (κ3) is 2.11. The van der Waals surface area contributed by atoms with Gasteiger partial charge in [-0.2, -0.15) is 5.26 Å². The molecular weight excluding hydrogens is 206 g/mol. The molecule has 1 aliphatic rings. The van der Waals surface area contributed by atoms with Gasteiger partial charge in [-0.05, 0) is 18.9 Å². The van der Waals surface area contributed by atoms with Crippen LogP contribution in [-0.4, -0.2) is 24.0 Å². The maximum Gasteiger partial charge on any atom is 0.269 e. The van der Waals surface area contributed by atoms with Gasteiger partial charge in [0.2, 0.25) is 0 Å². The first-order valence-corrected chi connectivity index (χ1v) is 5.03. The van der Waals surface area contributed by atoms with Crippen molar-refractivity contribution in [1.29, 1.82) is 5.26 Å². The molecule has 1 fully saturated rings. The number of rotatable bonds is 3. The second-order valence-electron chi connectivity index (χ2n) is 3.57. The topological polar surface area (TPSA) is 75.0 Å². The summed E-state index contributed by atoms with van der Waals surface area (Å²) in [6.45, 7) is 0. The predicted octanol–water partition coefficient (Wildman–Crippen LogP) is 0.854. The first-order chi connectivity index (χ1) is 7.74. The minimum Gasteiger partial charge on any atom is -0.487 e. The van der Waals surface area contributed by atoms with Gasteiger partial charge in [0.15, 0.2) is 5.75 Å². The Morgan fingerprint density at radius 1 is 1.69 bits per heavy atom. The van der Waals surface area contributed by atoms with E-state index in [4.69, 9.17) is 10.00 Å². The Bertz CT molecular complexity index is 461. The van der Waals surface area contributed by atoms with Crippen LogP contribution in [0.3, 0.4) is 0 Å². The van der Waals surface area contributed by atoms with Crippen molar-refractivity contribution >= 4 is 5.91 Å². The summed E-state index contributed by atoms with van der Waals surface area (Å²) in [5.41, 5.74) is 0.572. The van der Waals surface area contributed by atoms with Crippen LogP contribution in [0.2, 0.25) is 0 Å². The molecule has 1 amide bonds. The average molecular weight is 217 g/mol. The molecule has 1 aromatic heterocycles. The largest absolute Gasteiger partial charge is 0.487 e. The van der Waals surface area contributed by atoms with Crippen LogP contribution >= 0.6 is 0 Å². The molecule has 1 aliphatic carbocycles. The van der Waals surface area contributed by atoms with Gasteiger partial charge in [-0.1, -0.05) is 0 Å². The van der Waals surface area contributed by atoms with Gasteiger partial charge >= 0.3 is 0 Å². The summed E-state index contributed by atoms with van der Waals surface area (Å²) in [7, 11) is 1.52. The lowest BCUT2D eigenvalue weighted by molar-refractivity contribution is 0.0958. The molecule has 2 rings (SSSR count). The van der Waals surface area contributed by atoms with E-state index in [1.54, 1.807) is 0 Å². The molecule has 82 valence electrons. The van der Waals surface area contributed by atoms with Crippen molar-refractivity contribution < 1.29 is 9.53 Å². The molecule has 1 heterocycles. The number of aromatic nitrogens is 1. The smallest absolute Gasteiger partial charge is 0.269 e. The van der Waals surface area contributed by atoms with Crippen molar-refractivity contribution in [3.05, 3.63) is 23.5 Å². The third-order valence-electron chi connectivity index (χ3n) is 2.27. The number of carbonyl (C=O) groups excluding carboxylic acids is 1. The summed E-state index contributed by atoms with van der Waals surface area (Å²) in [4.78, 5) is 15.3. The zero-order valence-electron chi connectivity index (χ0n) is 8.86. The van der Waals surface area contributed by atoms with Gasteiger partial charge < -0.3 is 10.1 Å². The fraction of sp³-hybridized carbons (Fsp3) is 0.364. The molecule has 16 heavy (non-hydrogen) atoms. The van der Waals surface area contributed by atoms with Gasteiger partial charge in [0.1, 0.15) is 11.8 Å². The number of nitrogens with one attached hydrogen (secondary N) is 1. The Kier molecular flexibility index (Phi) is 2.73. The number of amides is 1. The van der Waals surface area contributed by atoms with Crippen LogP contribution in [0.5, 0.6) is 5.75 Å². The van der Waals surface area contributed by atoms with E-state index in [9.17, 15) is 4.79 Å². The Morgan fingerprint density at radius 3 is 3.00 bits per heavy atom. The number of carbonyl (C=O) groups is 1. The van der Waals surface area contributed by atoms with Crippen LogP contribution in [0.15, 0.2) is 12.3 Å². The Hall–Kier alpha value is -2.09. The molecular formula is C11H11N3O2. The van der Waals surface area contributed by atoms with Gasteiger partial charge in [-0.3, -0.25) is 4.79 Å². The summed E-state index contributed by atoms with van der Waals surface area (Å²) < 4.78 is 5.50. The average Bonchev–Trinajstić information content (AvgIpc) is 3.12. The van der Waals surface area contributed by atoms with E-state index in [0.717, 1.165) is 12.8 Å². The molecule has 5 heteroatoms. The fourth-order valence-electron chi connectivity index (χ4n) is 1.24. The first-order valence-electron chi connectivity index (χ1n) is 5.03. The molecule has 0 aliphatic heterocycles. The van der Waals surface area contributed by atoms with Gasteiger partial charge in [-0.25, -0.2) is 4.98 Å². The van der Waals surface area contributed by atoms with E-state index < -0.39 is 0 Å². The second-order valence-corrected chi connectivity index (χ2v) is 3.57. The van der Waals surface area contributed by atoms with Crippen LogP contribution in [0.4, 0.5) is 0 Å². The quantitative estimate of drug-likeness (QED) is 0.814. The van der Waals surface area contributed by atoms with Crippen LogP contribution in [0.25, 0.3) is 0 Å². The molecule has 1 N–H and O–H groups in total. The zero-order chi connectivity index (χ0) is 11.5. The van der Waals surface area contributed by atoms with Crippen molar-refractivity contribution in [2.45, 2.75) is 18.9 Å². The minimum absolute atomic E-state index is 0.208. The highest BCUT2D eigenvalue weighted by Crippen LogP contribution is 2.28. The summed E-state index contributed by atoms with van der Waals surface area (Å²) in [5, 5.41) is 11.4. The van der Waals surface area contributed by atoms with E-state index in [-0.39, 0.29) is 17.7 Å². The number of nitrogens with zero attached hydrogens (tertiary/aromatic N) is 2. The van der Waals surface area contributed by atoms with Crippen molar-refractivity contribution in [3.63, 3.8) is 0 Å². The molecule has 0 aromatic carbocycles. The molecule has 1 aromatic rings. The third-order valence-corrected chi connectivity index (χ3v) is 2.27. The fourth-order valence-corrected chi connectivity index (χ4v) is 1.24. The van der Waals surface area contributed by atoms with Crippen LogP contribution < -0.4 is 10.1 Å². The van der Waals surface area contributed by atoms with Crippen molar-refractivity contribution in [2.24, 2.45) is 0 Å². The number of pyridine rings is 1. The van der Waals surface area contributed by atoms with Crippen molar-refractivity contribution in [1.82, 2.24) is 10.3 Å².